The van der Waals surface area contributed by atoms with Gasteiger partial charge in [0, 0.05) is 5.39 Å². The van der Waals surface area contributed by atoms with Crippen molar-refractivity contribution in [3.8, 4) is 11.5 Å². The number of esters is 1. The highest BCUT2D eigenvalue weighted by molar-refractivity contribution is 6.01. The van der Waals surface area contributed by atoms with Gasteiger partial charge in [-0.15, -0.1) is 0 Å². The molecule has 0 aliphatic carbocycles. The Balaban J connectivity index is 2.02. The molecule has 0 heterocycles. The zero-order chi connectivity index (χ0) is 17.8. The number of ether oxygens (including phenoxy) is 2. The van der Waals surface area contributed by atoms with Gasteiger partial charge in [-0.2, -0.15) is 0 Å². The third kappa shape index (κ3) is 3.53. The van der Waals surface area contributed by atoms with Gasteiger partial charge in [0.1, 0.15) is 17.1 Å². The second kappa shape index (κ2) is 7.18. The Kier molecular flexibility index (Phi) is 4.80. The number of carbonyl (C=O) groups excluding carboxylic acids is 2. The molecule has 4 nitrogen and oxygen atoms in total. The summed E-state index contributed by atoms with van der Waals surface area (Å²) in [6.45, 7) is 3.77. The van der Waals surface area contributed by atoms with E-state index in [9.17, 15) is 9.59 Å². The quantitative estimate of drug-likeness (QED) is 0.387. The third-order valence-electron chi connectivity index (χ3n) is 3.70. The molecule has 0 aliphatic rings. The number of rotatable bonds is 5. The van der Waals surface area contributed by atoms with Crippen LogP contribution in [0, 0.1) is 0 Å². The second-order valence-corrected chi connectivity index (χ2v) is 5.88. The monoisotopic (exact) mass is 334 g/mol. The first-order valence-electron chi connectivity index (χ1n) is 8.05. The van der Waals surface area contributed by atoms with Gasteiger partial charge in [0.2, 0.25) is 0 Å². The van der Waals surface area contributed by atoms with E-state index in [0.29, 0.717) is 28.5 Å². The molecule has 0 saturated carbocycles. The first-order chi connectivity index (χ1) is 12.1. The van der Waals surface area contributed by atoms with E-state index < -0.39 is 5.97 Å². The third-order valence-corrected chi connectivity index (χ3v) is 3.70. The fourth-order valence-corrected chi connectivity index (χ4v) is 2.61. The summed E-state index contributed by atoms with van der Waals surface area (Å²) in [5, 5.41) is 1.60. The van der Waals surface area contributed by atoms with Crippen molar-refractivity contribution in [3.63, 3.8) is 0 Å². The predicted octanol–water partition coefficient (Wildman–Crippen LogP) is 4.66. The number of fused-ring (bicyclic) bond motifs is 1. The van der Waals surface area contributed by atoms with Gasteiger partial charge in [-0.25, -0.2) is 4.79 Å². The summed E-state index contributed by atoms with van der Waals surface area (Å²) >= 11 is 0. The molecule has 3 rings (SSSR count). The molecule has 4 heteroatoms. The molecular weight excluding hydrogens is 316 g/mol. The minimum Gasteiger partial charge on any atom is -0.490 e. The molecule has 0 spiro atoms. The standard InChI is InChI=1S/C21H18O4/c1-14(2)24-19-10-6-5-9-18(19)21(23)25-20-16(13-22)12-11-15-7-3-4-8-17(15)20/h3-14H,1-2H3. The van der Waals surface area contributed by atoms with Crippen LogP contribution in [-0.2, 0) is 0 Å². The summed E-state index contributed by atoms with van der Waals surface area (Å²) in [5.74, 6) is 0.156. The van der Waals surface area contributed by atoms with Gasteiger partial charge in [0.05, 0.1) is 11.7 Å². The number of aldehydes is 1. The number of benzene rings is 3. The van der Waals surface area contributed by atoms with E-state index in [1.165, 1.54) is 0 Å². The number of hydrogen-bond donors (Lipinski definition) is 0. The van der Waals surface area contributed by atoms with Crippen LogP contribution < -0.4 is 9.47 Å². The largest absolute Gasteiger partial charge is 0.490 e. The van der Waals surface area contributed by atoms with E-state index in [4.69, 9.17) is 9.47 Å². The first kappa shape index (κ1) is 16.7. The normalized spacial score (nSPS) is 10.7. The molecular formula is C21H18O4. The van der Waals surface area contributed by atoms with E-state index >= 15 is 0 Å². The summed E-state index contributed by atoms with van der Waals surface area (Å²) in [6.07, 6.45) is 0.614. The van der Waals surface area contributed by atoms with Crippen molar-refractivity contribution < 1.29 is 19.1 Å². The second-order valence-electron chi connectivity index (χ2n) is 5.88. The van der Waals surface area contributed by atoms with Gasteiger partial charge in [0.25, 0.3) is 0 Å². The van der Waals surface area contributed by atoms with Crippen molar-refractivity contribution in [3.05, 3.63) is 71.8 Å². The van der Waals surface area contributed by atoms with E-state index in [1.54, 1.807) is 30.3 Å². The molecule has 0 radical (unpaired) electrons. The topological polar surface area (TPSA) is 52.6 Å². The van der Waals surface area contributed by atoms with Crippen LogP contribution in [0.3, 0.4) is 0 Å². The molecule has 0 aliphatic heterocycles. The molecule has 0 unspecified atom stereocenters. The zero-order valence-electron chi connectivity index (χ0n) is 14.1. The maximum atomic E-state index is 12.7. The number of para-hydroxylation sites is 1. The highest BCUT2D eigenvalue weighted by Crippen LogP contribution is 2.30. The van der Waals surface area contributed by atoms with Crippen LogP contribution in [-0.4, -0.2) is 18.4 Å². The highest BCUT2D eigenvalue weighted by atomic mass is 16.5. The van der Waals surface area contributed by atoms with Gasteiger partial charge in [0.15, 0.2) is 6.29 Å². The van der Waals surface area contributed by atoms with E-state index in [-0.39, 0.29) is 11.9 Å². The van der Waals surface area contributed by atoms with Crippen molar-refractivity contribution in [2.24, 2.45) is 0 Å². The van der Waals surface area contributed by atoms with Crippen LogP contribution in [0.1, 0.15) is 34.6 Å². The Bertz CT molecular complexity index is 928. The van der Waals surface area contributed by atoms with Crippen molar-refractivity contribution in [2.75, 3.05) is 0 Å². The molecule has 0 aromatic heterocycles. The van der Waals surface area contributed by atoms with Crippen LogP contribution >= 0.6 is 0 Å². The molecule has 0 fully saturated rings. The lowest BCUT2D eigenvalue weighted by Crippen LogP contribution is -2.14. The molecule has 3 aromatic carbocycles. The molecule has 3 aromatic rings. The van der Waals surface area contributed by atoms with E-state index in [2.05, 4.69) is 0 Å². The summed E-state index contributed by atoms with van der Waals surface area (Å²) in [4.78, 5) is 24.1. The van der Waals surface area contributed by atoms with Crippen molar-refractivity contribution in [1.29, 1.82) is 0 Å². The van der Waals surface area contributed by atoms with Crippen LogP contribution in [0.15, 0.2) is 60.7 Å². The Morgan fingerprint density at radius 1 is 0.960 bits per heavy atom. The van der Waals surface area contributed by atoms with Gasteiger partial charge < -0.3 is 9.47 Å². The predicted molar refractivity (Wildman–Crippen MR) is 96.5 cm³/mol. The van der Waals surface area contributed by atoms with Crippen LogP contribution in [0.25, 0.3) is 10.8 Å². The van der Waals surface area contributed by atoms with Gasteiger partial charge in [-0.1, -0.05) is 42.5 Å². The van der Waals surface area contributed by atoms with Gasteiger partial charge in [-0.3, -0.25) is 4.79 Å². The summed E-state index contributed by atoms with van der Waals surface area (Å²) < 4.78 is 11.3. The maximum absolute atomic E-state index is 12.7. The van der Waals surface area contributed by atoms with Crippen molar-refractivity contribution in [2.45, 2.75) is 20.0 Å². The Hall–Kier alpha value is -3.14. The average Bonchev–Trinajstić information content (AvgIpc) is 2.62. The molecule has 0 atom stereocenters. The minimum absolute atomic E-state index is 0.0722. The lowest BCUT2D eigenvalue weighted by atomic mass is 10.1. The van der Waals surface area contributed by atoms with Gasteiger partial charge in [-0.05, 0) is 37.4 Å². The molecule has 0 amide bonds. The van der Waals surface area contributed by atoms with E-state index in [1.807, 2.05) is 44.2 Å². The fraction of sp³-hybridized carbons (Fsp3) is 0.143. The summed E-state index contributed by atoms with van der Waals surface area (Å²) in [5.41, 5.74) is 0.648. The number of carbonyl (C=O) groups is 2. The van der Waals surface area contributed by atoms with Crippen molar-refractivity contribution in [1.82, 2.24) is 0 Å². The lowest BCUT2D eigenvalue weighted by Gasteiger charge is -2.15. The zero-order valence-corrected chi connectivity index (χ0v) is 14.1. The fourth-order valence-electron chi connectivity index (χ4n) is 2.61. The minimum atomic E-state index is -0.560. The SMILES string of the molecule is CC(C)Oc1ccccc1C(=O)Oc1c(C=O)ccc2ccccc12. The maximum Gasteiger partial charge on any atom is 0.347 e. The summed E-state index contributed by atoms with van der Waals surface area (Å²) in [6, 6.07) is 17.8. The average molecular weight is 334 g/mol. The summed E-state index contributed by atoms with van der Waals surface area (Å²) in [7, 11) is 0. The Labute approximate surface area is 146 Å². The molecule has 0 saturated heterocycles. The smallest absolute Gasteiger partial charge is 0.347 e. The number of hydrogen-bond acceptors (Lipinski definition) is 4. The molecule has 126 valence electrons. The van der Waals surface area contributed by atoms with Crippen molar-refractivity contribution >= 4 is 23.0 Å². The Morgan fingerprint density at radius 3 is 2.44 bits per heavy atom. The Morgan fingerprint density at radius 2 is 1.68 bits per heavy atom. The van der Waals surface area contributed by atoms with Gasteiger partial charge >= 0.3 is 5.97 Å². The first-order valence-corrected chi connectivity index (χ1v) is 8.05. The van der Waals surface area contributed by atoms with E-state index in [0.717, 1.165) is 5.39 Å². The molecule has 0 bridgehead atoms. The van der Waals surface area contributed by atoms with Crippen LogP contribution in [0.4, 0.5) is 0 Å². The highest BCUT2D eigenvalue weighted by Gasteiger charge is 2.18. The van der Waals surface area contributed by atoms with Crippen LogP contribution in [0.2, 0.25) is 0 Å². The molecule has 0 N–H and O–H groups in total. The molecule has 25 heavy (non-hydrogen) atoms. The van der Waals surface area contributed by atoms with Crippen LogP contribution in [0.5, 0.6) is 11.5 Å². The lowest BCUT2D eigenvalue weighted by molar-refractivity contribution is 0.0729.